The highest BCUT2D eigenvalue weighted by molar-refractivity contribution is 6.39. The number of hydrogen-bond acceptors (Lipinski definition) is 0. The fraction of sp³-hybridized carbons (Fsp3) is 0. The van der Waals surface area contributed by atoms with Gasteiger partial charge in [-0.25, -0.2) is 0 Å². The van der Waals surface area contributed by atoms with E-state index in [1.165, 1.54) is 97.9 Å². The van der Waals surface area contributed by atoms with Gasteiger partial charge in [0.05, 0.1) is 11.0 Å². The molecule has 0 radical (unpaired) electrons. The summed E-state index contributed by atoms with van der Waals surface area (Å²) in [6, 6.07) is 69.2. The largest absolute Gasteiger partial charge is 0.309 e. The van der Waals surface area contributed by atoms with Crippen LogP contribution in [0.25, 0.3) is 104 Å². The summed E-state index contributed by atoms with van der Waals surface area (Å²) in [7, 11) is 0. The van der Waals surface area contributed by atoms with Crippen LogP contribution in [0.2, 0.25) is 0 Å². The van der Waals surface area contributed by atoms with Gasteiger partial charge < -0.3 is 4.57 Å². The summed E-state index contributed by atoms with van der Waals surface area (Å²) in [5.74, 6) is 0. The maximum Gasteiger partial charge on any atom is 0.0541 e. The molecule has 0 atom stereocenters. The van der Waals surface area contributed by atoms with Crippen molar-refractivity contribution in [2.24, 2.45) is 0 Å². The molecular formula is C50H31N. The summed E-state index contributed by atoms with van der Waals surface area (Å²) in [6.07, 6.45) is 0. The molecule has 0 amide bonds. The summed E-state index contributed by atoms with van der Waals surface area (Å²) in [6.45, 7) is 0. The second-order valence-electron chi connectivity index (χ2n) is 13.6. The Kier molecular flexibility index (Phi) is 6.02. The van der Waals surface area contributed by atoms with E-state index in [0.29, 0.717) is 0 Å². The molecular weight excluding hydrogens is 615 g/mol. The average Bonchev–Trinajstić information content (AvgIpc) is 3.54. The second-order valence-corrected chi connectivity index (χ2v) is 13.6. The summed E-state index contributed by atoms with van der Waals surface area (Å²) < 4.78 is 2.46. The number of rotatable bonds is 3. The minimum Gasteiger partial charge on any atom is -0.309 e. The van der Waals surface area contributed by atoms with Crippen molar-refractivity contribution >= 4 is 75.7 Å². The molecule has 1 heterocycles. The number of fused-ring (bicyclic) bond motifs is 14. The first-order valence-corrected chi connectivity index (χ1v) is 17.7. The topological polar surface area (TPSA) is 4.93 Å². The molecule has 0 spiro atoms. The Hall–Kier alpha value is -6.70. The fourth-order valence-electron chi connectivity index (χ4n) is 8.67. The van der Waals surface area contributed by atoms with Crippen molar-refractivity contribution in [2.75, 3.05) is 0 Å². The average molecular weight is 646 g/mol. The molecule has 11 rings (SSSR count). The van der Waals surface area contributed by atoms with Gasteiger partial charge in [-0.15, -0.1) is 0 Å². The predicted molar refractivity (Wildman–Crippen MR) is 219 cm³/mol. The quantitative estimate of drug-likeness (QED) is 0.169. The van der Waals surface area contributed by atoms with Crippen molar-refractivity contribution in [1.29, 1.82) is 0 Å². The molecule has 1 heteroatoms. The number of hydrogen-bond donors (Lipinski definition) is 0. The predicted octanol–water partition coefficient (Wildman–Crippen LogP) is 13.9. The molecule has 0 bridgehead atoms. The normalized spacial score (nSPS) is 11.9. The minimum atomic E-state index is 1.16. The van der Waals surface area contributed by atoms with E-state index < -0.39 is 0 Å². The first-order chi connectivity index (χ1) is 25.3. The van der Waals surface area contributed by atoms with Gasteiger partial charge in [0, 0.05) is 16.5 Å². The molecule has 51 heavy (non-hydrogen) atoms. The van der Waals surface area contributed by atoms with Gasteiger partial charge in [-0.2, -0.15) is 0 Å². The highest BCUT2D eigenvalue weighted by atomic mass is 15.0. The standard InChI is InChI=1S/C50H31N/c1-3-13-32(14-4-1)34-23-27-47-45(29-34)46-30-35(33-15-5-2-6-16-33)24-28-48(46)51(47)36-25-26-43-44(31-36)39-19-9-12-22-42(39)49-40-20-10-7-17-37(40)38-18-8-11-21-41(38)50(43)49/h1-31H. The zero-order valence-corrected chi connectivity index (χ0v) is 27.8. The van der Waals surface area contributed by atoms with Crippen LogP contribution in [0.3, 0.4) is 0 Å². The second kappa shape index (κ2) is 10.9. The third-order valence-electron chi connectivity index (χ3n) is 10.9. The Morgan fingerprint density at radius 1 is 0.235 bits per heavy atom. The first-order valence-electron chi connectivity index (χ1n) is 17.7. The third-order valence-corrected chi connectivity index (χ3v) is 10.9. The van der Waals surface area contributed by atoms with Gasteiger partial charge in [-0.05, 0) is 113 Å². The Balaban J connectivity index is 1.25. The molecule has 0 aliphatic rings. The first kappa shape index (κ1) is 28.2. The van der Waals surface area contributed by atoms with Crippen molar-refractivity contribution in [2.45, 2.75) is 0 Å². The van der Waals surface area contributed by atoms with Crippen LogP contribution >= 0.6 is 0 Å². The van der Waals surface area contributed by atoms with Crippen molar-refractivity contribution in [3.63, 3.8) is 0 Å². The Bertz CT molecular complexity index is 3070. The molecule has 0 unspecified atom stereocenters. The lowest BCUT2D eigenvalue weighted by atomic mass is 9.87. The molecule has 0 saturated carbocycles. The summed E-state index contributed by atoms with van der Waals surface area (Å²) in [5, 5.41) is 15.5. The van der Waals surface area contributed by atoms with Gasteiger partial charge in [0.15, 0.2) is 0 Å². The molecule has 1 nitrogen and oxygen atoms in total. The van der Waals surface area contributed by atoms with Crippen molar-refractivity contribution in [1.82, 2.24) is 4.57 Å². The van der Waals surface area contributed by atoms with E-state index in [4.69, 9.17) is 0 Å². The molecule has 0 fully saturated rings. The van der Waals surface area contributed by atoms with Gasteiger partial charge in [-0.3, -0.25) is 0 Å². The van der Waals surface area contributed by atoms with E-state index in [9.17, 15) is 0 Å². The maximum atomic E-state index is 2.46. The van der Waals surface area contributed by atoms with Gasteiger partial charge in [0.25, 0.3) is 0 Å². The lowest BCUT2D eigenvalue weighted by Crippen LogP contribution is -1.95. The van der Waals surface area contributed by atoms with Crippen LogP contribution in [-0.2, 0) is 0 Å². The van der Waals surface area contributed by atoms with Crippen LogP contribution in [0.1, 0.15) is 0 Å². The van der Waals surface area contributed by atoms with Crippen LogP contribution in [0.5, 0.6) is 0 Å². The summed E-state index contributed by atoms with van der Waals surface area (Å²) >= 11 is 0. The number of benzene rings is 10. The lowest BCUT2D eigenvalue weighted by Gasteiger charge is -2.17. The maximum absolute atomic E-state index is 2.46. The van der Waals surface area contributed by atoms with E-state index in [1.54, 1.807) is 0 Å². The van der Waals surface area contributed by atoms with Crippen molar-refractivity contribution < 1.29 is 0 Å². The van der Waals surface area contributed by atoms with Gasteiger partial charge in [-0.1, -0.05) is 152 Å². The Labute approximate surface area is 295 Å². The van der Waals surface area contributed by atoms with E-state index in [2.05, 4.69) is 193 Å². The minimum absolute atomic E-state index is 1.16. The monoisotopic (exact) mass is 645 g/mol. The highest BCUT2D eigenvalue weighted by Crippen LogP contribution is 2.45. The zero-order chi connectivity index (χ0) is 33.5. The van der Waals surface area contributed by atoms with E-state index in [-0.39, 0.29) is 0 Å². The van der Waals surface area contributed by atoms with E-state index in [0.717, 1.165) is 5.69 Å². The number of nitrogens with zero attached hydrogens (tertiary/aromatic N) is 1. The van der Waals surface area contributed by atoms with Crippen LogP contribution in [0, 0.1) is 0 Å². The lowest BCUT2D eigenvalue weighted by molar-refractivity contribution is 1.19. The zero-order valence-electron chi connectivity index (χ0n) is 27.8. The van der Waals surface area contributed by atoms with E-state index >= 15 is 0 Å². The van der Waals surface area contributed by atoms with Crippen molar-refractivity contribution in [3.05, 3.63) is 188 Å². The van der Waals surface area contributed by atoms with Crippen molar-refractivity contribution in [3.8, 4) is 27.9 Å². The molecule has 10 aromatic carbocycles. The van der Waals surface area contributed by atoms with Gasteiger partial charge in [0.1, 0.15) is 0 Å². The summed E-state index contributed by atoms with van der Waals surface area (Å²) in [5.41, 5.74) is 8.47. The smallest absolute Gasteiger partial charge is 0.0541 e. The van der Waals surface area contributed by atoms with Crippen LogP contribution in [0.4, 0.5) is 0 Å². The van der Waals surface area contributed by atoms with Crippen LogP contribution in [-0.4, -0.2) is 4.57 Å². The fourth-order valence-corrected chi connectivity index (χ4v) is 8.67. The molecule has 0 aliphatic heterocycles. The number of aromatic nitrogens is 1. The van der Waals surface area contributed by atoms with Gasteiger partial charge in [0.2, 0.25) is 0 Å². The molecule has 0 N–H and O–H groups in total. The summed E-state index contributed by atoms with van der Waals surface area (Å²) in [4.78, 5) is 0. The van der Waals surface area contributed by atoms with Crippen LogP contribution in [0.15, 0.2) is 188 Å². The Morgan fingerprint density at radius 3 is 1.10 bits per heavy atom. The molecule has 1 aromatic heterocycles. The van der Waals surface area contributed by atoms with E-state index in [1.807, 2.05) is 0 Å². The third kappa shape index (κ3) is 4.16. The molecule has 236 valence electrons. The molecule has 0 aliphatic carbocycles. The Morgan fingerprint density at radius 2 is 0.627 bits per heavy atom. The highest BCUT2D eigenvalue weighted by Gasteiger charge is 2.19. The van der Waals surface area contributed by atoms with Gasteiger partial charge >= 0.3 is 0 Å². The molecule has 11 aromatic rings. The SMILES string of the molecule is c1ccc(-c2ccc3c(c2)c2cc(-c4ccccc4)ccc2n3-c2ccc3c(c2)c2ccccc2c2c4ccccc4c4ccccc4c32)cc1. The van der Waals surface area contributed by atoms with Crippen LogP contribution < -0.4 is 0 Å². The molecule has 0 saturated heterocycles.